The van der Waals surface area contributed by atoms with Crippen molar-refractivity contribution < 1.29 is 9.59 Å². The maximum Gasteiger partial charge on any atom is 0.219 e. The van der Waals surface area contributed by atoms with Crippen molar-refractivity contribution >= 4 is 18.0 Å². The average Bonchev–Trinajstić information content (AvgIpc) is 2.21. The van der Waals surface area contributed by atoms with Gasteiger partial charge in [0.15, 0.2) is 0 Å². The number of nitrogens with one attached hydrogen (secondary N) is 1. The molecule has 0 aromatic heterocycles. The molecule has 0 bridgehead atoms. The SMILES string of the molecule is CC(=O)N(C)Cc1ccccc1NC=O. The molecule has 0 saturated carbocycles. The summed E-state index contributed by atoms with van der Waals surface area (Å²) in [6.45, 7) is 2.00. The van der Waals surface area contributed by atoms with Crippen molar-refractivity contribution in [3.63, 3.8) is 0 Å². The molecule has 0 radical (unpaired) electrons. The molecule has 4 heteroatoms. The summed E-state index contributed by atoms with van der Waals surface area (Å²) < 4.78 is 0. The lowest BCUT2D eigenvalue weighted by Gasteiger charge is -2.16. The second-order valence-electron chi connectivity index (χ2n) is 3.29. The summed E-state index contributed by atoms with van der Waals surface area (Å²) in [4.78, 5) is 23.0. The van der Waals surface area contributed by atoms with Crippen molar-refractivity contribution in [2.24, 2.45) is 0 Å². The van der Waals surface area contributed by atoms with Crippen LogP contribution >= 0.6 is 0 Å². The number of carbonyl (C=O) groups excluding carboxylic acids is 2. The first kappa shape index (κ1) is 11.2. The number of hydrogen-bond donors (Lipinski definition) is 1. The summed E-state index contributed by atoms with van der Waals surface area (Å²) in [7, 11) is 1.72. The summed E-state index contributed by atoms with van der Waals surface area (Å²) >= 11 is 0. The number of nitrogens with zero attached hydrogens (tertiary/aromatic N) is 1. The van der Waals surface area contributed by atoms with Gasteiger partial charge in [0, 0.05) is 26.2 Å². The maximum absolute atomic E-state index is 11.1. The summed E-state index contributed by atoms with van der Waals surface area (Å²) in [5.41, 5.74) is 1.66. The second kappa shape index (κ2) is 5.14. The Labute approximate surface area is 88.9 Å². The molecule has 1 aromatic rings. The molecule has 2 amide bonds. The molecule has 0 aliphatic carbocycles. The number of benzene rings is 1. The fourth-order valence-electron chi connectivity index (χ4n) is 1.23. The summed E-state index contributed by atoms with van der Waals surface area (Å²) in [6, 6.07) is 7.39. The molecule has 4 nitrogen and oxygen atoms in total. The Morgan fingerprint density at radius 3 is 2.73 bits per heavy atom. The zero-order valence-corrected chi connectivity index (χ0v) is 8.86. The first-order valence-corrected chi connectivity index (χ1v) is 4.65. The van der Waals surface area contributed by atoms with Crippen molar-refractivity contribution in [3.8, 4) is 0 Å². The van der Waals surface area contributed by atoms with Gasteiger partial charge in [-0.1, -0.05) is 18.2 Å². The van der Waals surface area contributed by atoms with E-state index in [2.05, 4.69) is 5.32 Å². The van der Waals surface area contributed by atoms with Gasteiger partial charge in [-0.2, -0.15) is 0 Å². The molecule has 0 fully saturated rings. The third-order valence-corrected chi connectivity index (χ3v) is 2.18. The Morgan fingerprint density at radius 1 is 1.47 bits per heavy atom. The van der Waals surface area contributed by atoms with Gasteiger partial charge in [0.2, 0.25) is 12.3 Å². The minimum Gasteiger partial charge on any atom is -0.342 e. The van der Waals surface area contributed by atoms with Gasteiger partial charge in [0.05, 0.1) is 0 Å². The van der Waals surface area contributed by atoms with Crippen LogP contribution in [0.4, 0.5) is 5.69 Å². The van der Waals surface area contributed by atoms with E-state index in [9.17, 15) is 9.59 Å². The molecule has 1 N–H and O–H groups in total. The highest BCUT2D eigenvalue weighted by Gasteiger charge is 2.06. The van der Waals surface area contributed by atoms with Crippen molar-refractivity contribution in [3.05, 3.63) is 29.8 Å². The van der Waals surface area contributed by atoms with E-state index >= 15 is 0 Å². The molecule has 0 aliphatic rings. The largest absolute Gasteiger partial charge is 0.342 e. The number of hydrogen-bond acceptors (Lipinski definition) is 2. The van der Waals surface area contributed by atoms with Crippen LogP contribution in [0.3, 0.4) is 0 Å². The van der Waals surface area contributed by atoms with Crippen LogP contribution in [0, 0.1) is 0 Å². The van der Waals surface area contributed by atoms with E-state index in [4.69, 9.17) is 0 Å². The van der Waals surface area contributed by atoms with Gasteiger partial charge in [0.1, 0.15) is 0 Å². The second-order valence-corrected chi connectivity index (χ2v) is 3.29. The van der Waals surface area contributed by atoms with Gasteiger partial charge in [-0.25, -0.2) is 0 Å². The minimum atomic E-state index is -0.00379. The predicted octanol–water partition coefficient (Wildman–Crippen LogP) is 1.23. The molecule has 0 saturated heterocycles. The average molecular weight is 206 g/mol. The predicted molar refractivity (Wildman–Crippen MR) is 58.3 cm³/mol. The molecule has 0 aliphatic heterocycles. The Kier molecular flexibility index (Phi) is 3.85. The van der Waals surface area contributed by atoms with Crippen LogP contribution in [0.25, 0.3) is 0 Å². The maximum atomic E-state index is 11.1. The third kappa shape index (κ3) is 3.09. The van der Waals surface area contributed by atoms with Gasteiger partial charge < -0.3 is 10.2 Å². The number of carbonyl (C=O) groups is 2. The van der Waals surface area contributed by atoms with Crippen LogP contribution in [-0.4, -0.2) is 24.3 Å². The lowest BCUT2D eigenvalue weighted by atomic mass is 10.1. The van der Waals surface area contributed by atoms with Crippen molar-refractivity contribution in [2.45, 2.75) is 13.5 Å². The monoisotopic (exact) mass is 206 g/mol. The summed E-state index contributed by atoms with van der Waals surface area (Å²) in [5.74, 6) is -0.00379. The van der Waals surface area contributed by atoms with Crippen LogP contribution in [0.5, 0.6) is 0 Å². The van der Waals surface area contributed by atoms with E-state index in [0.29, 0.717) is 13.0 Å². The van der Waals surface area contributed by atoms with Gasteiger partial charge in [-0.3, -0.25) is 9.59 Å². The quantitative estimate of drug-likeness (QED) is 0.753. The summed E-state index contributed by atoms with van der Waals surface area (Å²) in [6.07, 6.45) is 0.632. The highest BCUT2D eigenvalue weighted by Crippen LogP contribution is 2.15. The Balaban J connectivity index is 2.83. The van der Waals surface area contributed by atoms with Gasteiger partial charge >= 0.3 is 0 Å². The normalized spacial score (nSPS) is 9.47. The third-order valence-electron chi connectivity index (χ3n) is 2.18. The van der Waals surface area contributed by atoms with E-state index in [1.807, 2.05) is 18.2 Å². The Hall–Kier alpha value is -1.84. The molecule has 0 atom stereocenters. The molecule has 80 valence electrons. The van der Waals surface area contributed by atoms with E-state index in [1.165, 1.54) is 6.92 Å². The number of para-hydroxylation sites is 1. The van der Waals surface area contributed by atoms with Gasteiger partial charge in [-0.05, 0) is 11.6 Å². The molecular weight excluding hydrogens is 192 g/mol. The molecule has 15 heavy (non-hydrogen) atoms. The fourth-order valence-corrected chi connectivity index (χ4v) is 1.23. The highest BCUT2D eigenvalue weighted by atomic mass is 16.2. The molecule has 0 heterocycles. The van der Waals surface area contributed by atoms with Crippen LogP contribution in [0.1, 0.15) is 12.5 Å². The summed E-state index contributed by atoms with van der Waals surface area (Å²) in [5, 5.41) is 2.60. The van der Waals surface area contributed by atoms with E-state index in [1.54, 1.807) is 18.0 Å². The van der Waals surface area contributed by atoms with Crippen LogP contribution in [0.15, 0.2) is 24.3 Å². The zero-order chi connectivity index (χ0) is 11.3. The lowest BCUT2D eigenvalue weighted by Crippen LogP contribution is -2.23. The number of rotatable bonds is 4. The number of amides is 2. The van der Waals surface area contributed by atoms with Crippen molar-refractivity contribution in [1.29, 1.82) is 0 Å². The topological polar surface area (TPSA) is 49.4 Å². The van der Waals surface area contributed by atoms with Crippen molar-refractivity contribution in [2.75, 3.05) is 12.4 Å². The molecule has 1 rings (SSSR count). The molecular formula is C11H14N2O2. The Bertz CT molecular complexity index is 363. The zero-order valence-electron chi connectivity index (χ0n) is 8.86. The van der Waals surface area contributed by atoms with E-state index in [-0.39, 0.29) is 5.91 Å². The van der Waals surface area contributed by atoms with Gasteiger partial charge in [-0.15, -0.1) is 0 Å². The fraction of sp³-hybridized carbons (Fsp3) is 0.273. The molecule has 0 spiro atoms. The van der Waals surface area contributed by atoms with E-state index in [0.717, 1.165) is 11.3 Å². The minimum absolute atomic E-state index is 0.00379. The van der Waals surface area contributed by atoms with Gasteiger partial charge in [0.25, 0.3) is 0 Å². The number of anilines is 1. The first-order valence-electron chi connectivity index (χ1n) is 4.65. The molecule has 1 aromatic carbocycles. The van der Waals surface area contributed by atoms with Crippen LogP contribution < -0.4 is 5.32 Å². The first-order chi connectivity index (χ1) is 7.15. The van der Waals surface area contributed by atoms with Crippen LogP contribution in [-0.2, 0) is 16.1 Å². The smallest absolute Gasteiger partial charge is 0.219 e. The molecule has 0 unspecified atom stereocenters. The highest BCUT2D eigenvalue weighted by molar-refractivity contribution is 5.75. The standard InChI is InChI=1S/C11H14N2O2/c1-9(15)13(2)7-10-5-3-4-6-11(10)12-8-14/h3-6,8H,7H2,1-2H3,(H,12,14). The van der Waals surface area contributed by atoms with E-state index < -0.39 is 0 Å². The Morgan fingerprint density at radius 2 is 2.13 bits per heavy atom. The van der Waals surface area contributed by atoms with Crippen LogP contribution in [0.2, 0.25) is 0 Å². The lowest BCUT2D eigenvalue weighted by molar-refractivity contribution is -0.128. The van der Waals surface area contributed by atoms with Crippen molar-refractivity contribution in [1.82, 2.24) is 4.90 Å².